The van der Waals surface area contributed by atoms with Crippen LogP contribution in [0.2, 0.25) is 0 Å². The second-order valence-corrected chi connectivity index (χ2v) is 6.90. The Morgan fingerprint density at radius 1 is 1.09 bits per heavy atom. The van der Waals surface area contributed by atoms with Crippen LogP contribution in [0.5, 0.6) is 0 Å². The van der Waals surface area contributed by atoms with Gasteiger partial charge in [0, 0.05) is 13.6 Å². The quantitative estimate of drug-likeness (QED) is 0.736. The molecule has 8 heteroatoms. The van der Waals surface area contributed by atoms with E-state index >= 15 is 0 Å². The summed E-state index contributed by atoms with van der Waals surface area (Å²) in [6, 6.07) is 11.5. The molecule has 0 saturated heterocycles. The van der Waals surface area contributed by atoms with E-state index in [2.05, 4.69) is 20.8 Å². The molecule has 23 heavy (non-hydrogen) atoms. The maximum absolute atomic E-state index is 12.1. The van der Waals surface area contributed by atoms with Gasteiger partial charge in [0.05, 0.1) is 10.6 Å². The van der Waals surface area contributed by atoms with Gasteiger partial charge in [-0.2, -0.15) is 0 Å². The zero-order chi connectivity index (χ0) is 16.7. The molecular formula is C15H18N4O3S. The predicted octanol–water partition coefficient (Wildman–Crippen LogP) is 1.11. The van der Waals surface area contributed by atoms with Crippen molar-refractivity contribution in [2.24, 2.45) is 0 Å². The Morgan fingerprint density at radius 2 is 1.83 bits per heavy atom. The number of sulfone groups is 1. The molecule has 7 nitrogen and oxygen atoms in total. The molecule has 2 aromatic rings. The van der Waals surface area contributed by atoms with Crippen LogP contribution < -0.4 is 10.6 Å². The van der Waals surface area contributed by atoms with Crippen LogP contribution >= 0.6 is 0 Å². The Balaban J connectivity index is 1.82. The third-order valence-electron chi connectivity index (χ3n) is 3.12. The Bertz CT molecular complexity index is 746. The lowest BCUT2D eigenvalue weighted by Gasteiger charge is -2.06. The van der Waals surface area contributed by atoms with E-state index in [1.54, 1.807) is 42.5 Å². The lowest BCUT2D eigenvalue weighted by Crippen LogP contribution is -2.20. The fourth-order valence-corrected chi connectivity index (χ4v) is 3.23. The molecule has 2 N–H and O–H groups in total. The Hall–Kier alpha value is -2.48. The highest BCUT2D eigenvalue weighted by molar-refractivity contribution is 7.91. The van der Waals surface area contributed by atoms with Crippen molar-refractivity contribution < 1.29 is 13.2 Å². The van der Waals surface area contributed by atoms with Crippen LogP contribution in [-0.2, 0) is 9.84 Å². The van der Waals surface area contributed by atoms with Gasteiger partial charge in [0.25, 0.3) is 5.91 Å². The van der Waals surface area contributed by atoms with Crippen molar-refractivity contribution in [2.75, 3.05) is 24.7 Å². The summed E-state index contributed by atoms with van der Waals surface area (Å²) in [6.45, 7) is 0.445. The number of hydrogen-bond acceptors (Lipinski definition) is 6. The van der Waals surface area contributed by atoms with Crippen molar-refractivity contribution >= 4 is 21.6 Å². The van der Waals surface area contributed by atoms with Gasteiger partial charge < -0.3 is 10.6 Å². The normalized spacial score (nSPS) is 11.0. The number of nitrogens with zero attached hydrogens (tertiary/aromatic N) is 2. The number of aromatic nitrogens is 2. The summed E-state index contributed by atoms with van der Waals surface area (Å²) >= 11 is 0. The Labute approximate surface area is 135 Å². The van der Waals surface area contributed by atoms with Crippen LogP contribution in [0.1, 0.15) is 16.9 Å². The van der Waals surface area contributed by atoms with Gasteiger partial charge in [0.2, 0.25) is 0 Å². The Morgan fingerprint density at radius 3 is 2.43 bits per heavy atom. The van der Waals surface area contributed by atoms with Crippen LogP contribution in [-0.4, -0.2) is 43.9 Å². The van der Waals surface area contributed by atoms with Crippen molar-refractivity contribution in [2.45, 2.75) is 11.3 Å². The molecule has 0 aliphatic heterocycles. The van der Waals surface area contributed by atoms with Gasteiger partial charge in [-0.15, -0.1) is 10.2 Å². The maximum atomic E-state index is 12.1. The van der Waals surface area contributed by atoms with E-state index < -0.39 is 9.84 Å². The van der Waals surface area contributed by atoms with E-state index in [0.29, 0.717) is 23.7 Å². The highest BCUT2D eigenvalue weighted by atomic mass is 32.2. The molecule has 0 saturated carbocycles. The number of hydrogen-bond donors (Lipinski definition) is 2. The van der Waals surface area contributed by atoms with Gasteiger partial charge in [-0.1, -0.05) is 18.2 Å². The fourth-order valence-electron chi connectivity index (χ4n) is 1.90. The highest BCUT2D eigenvalue weighted by Gasteiger charge is 2.13. The number of benzene rings is 1. The molecule has 0 bridgehead atoms. The third-order valence-corrected chi connectivity index (χ3v) is 4.94. The molecule has 0 fully saturated rings. The summed E-state index contributed by atoms with van der Waals surface area (Å²) in [7, 11) is -1.75. The van der Waals surface area contributed by atoms with Crippen molar-refractivity contribution in [3.8, 4) is 0 Å². The first kappa shape index (κ1) is 16.9. The molecule has 122 valence electrons. The minimum Gasteiger partial charge on any atom is -0.369 e. The van der Waals surface area contributed by atoms with Gasteiger partial charge >= 0.3 is 0 Å². The van der Waals surface area contributed by atoms with Gasteiger partial charge in [-0.05, 0) is 30.7 Å². The van der Waals surface area contributed by atoms with Crippen molar-refractivity contribution in [1.29, 1.82) is 0 Å². The summed E-state index contributed by atoms with van der Waals surface area (Å²) in [4.78, 5) is 11.7. The zero-order valence-electron chi connectivity index (χ0n) is 12.7. The average molecular weight is 334 g/mol. The summed E-state index contributed by atoms with van der Waals surface area (Å²) in [5.74, 6) is 0.237. The molecule has 1 aromatic carbocycles. The fraction of sp³-hybridized carbons (Fsp3) is 0.267. The van der Waals surface area contributed by atoms with Crippen LogP contribution in [0.15, 0.2) is 47.4 Å². The minimum absolute atomic E-state index is 0.0494. The number of carbonyl (C=O) groups is 1. The molecule has 1 aromatic heterocycles. The lowest BCUT2D eigenvalue weighted by atomic mass is 10.3. The third kappa shape index (κ3) is 4.75. The van der Waals surface area contributed by atoms with Gasteiger partial charge in [0.1, 0.15) is 5.82 Å². The van der Waals surface area contributed by atoms with E-state index in [4.69, 9.17) is 0 Å². The van der Waals surface area contributed by atoms with Crippen LogP contribution in [0.4, 0.5) is 5.82 Å². The first-order valence-electron chi connectivity index (χ1n) is 7.10. The molecule has 1 amide bonds. The van der Waals surface area contributed by atoms with Crippen LogP contribution in [0.25, 0.3) is 0 Å². The molecule has 0 spiro atoms. The largest absolute Gasteiger partial charge is 0.369 e. The van der Waals surface area contributed by atoms with Gasteiger partial charge in [-0.3, -0.25) is 4.79 Å². The van der Waals surface area contributed by atoms with Crippen LogP contribution in [0, 0.1) is 0 Å². The molecule has 0 aliphatic carbocycles. The number of nitrogens with one attached hydrogen (secondary N) is 2. The molecule has 0 radical (unpaired) electrons. The SMILES string of the molecule is CNC(=O)c1ccc(NCCCS(=O)(=O)c2ccccc2)nn1. The highest BCUT2D eigenvalue weighted by Crippen LogP contribution is 2.11. The number of amides is 1. The summed E-state index contributed by atoms with van der Waals surface area (Å²) in [6.07, 6.45) is 0.441. The van der Waals surface area contributed by atoms with Crippen molar-refractivity contribution in [3.05, 3.63) is 48.2 Å². The summed E-state index contributed by atoms with van der Waals surface area (Å²) < 4.78 is 24.2. The standard InChI is InChI=1S/C15H18N4O3S/c1-16-15(20)13-8-9-14(19-18-13)17-10-5-11-23(21,22)12-6-3-2-4-7-12/h2-4,6-9H,5,10-11H2,1H3,(H,16,20)(H,17,19). The number of anilines is 1. The maximum Gasteiger partial charge on any atom is 0.271 e. The number of carbonyl (C=O) groups excluding carboxylic acids is 1. The molecule has 0 aliphatic rings. The van der Waals surface area contributed by atoms with E-state index in [0.717, 1.165) is 0 Å². The Kier molecular flexibility index (Phi) is 5.64. The predicted molar refractivity (Wildman–Crippen MR) is 87.0 cm³/mol. The average Bonchev–Trinajstić information content (AvgIpc) is 2.59. The van der Waals surface area contributed by atoms with Crippen LogP contribution in [0.3, 0.4) is 0 Å². The summed E-state index contributed by atoms with van der Waals surface area (Å²) in [5.41, 5.74) is 0.227. The summed E-state index contributed by atoms with van der Waals surface area (Å²) in [5, 5.41) is 13.1. The lowest BCUT2D eigenvalue weighted by molar-refractivity contribution is 0.0957. The van der Waals surface area contributed by atoms with Crippen molar-refractivity contribution in [3.63, 3.8) is 0 Å². The van der Waals surface area contributed by atoms with Gasteiger partial charge in [0.15, 0.2) is 15.5 Å². The van der Waals surface area contributed by atoms with E-state index in [1.807, 2.05) is 0 Å². The molecule has 0 atom stereocenters. The smallest absolute Gasteiger partial charge is 0.271 e. The molecular weight excluding hydrogens is 316 g/mol. The number of rotatable bonds is 7. The monoisotopic (exact) mass is 334 g/mol. The van der Waals surface area contributed by atoms with Crippen molar-refractivity contribution in [1.82, 2.24) is 15.5 Å². The van der Waals surface area contributed by atoms with E-state index in [1.165, 1.54) is 7.05 Å². The second-order valence-electron chi connectivity index (χ2n) is 4.80. The molecule has 2 rings (SSSR count). The topological polar surface area (TPSA) is 101 Å². The second kappa shape index (κ2) is 7.68. The first-order valence-corrected chi connectivity index (χ1v) is 8.75. The van der Waals surface area contributed by atoms with E-state index in [-0.39, 0.29) is 17.4 Å². The zero-order valence-corrected chi connectivity index (χ0v) is 13.5. The molecule has 0 unspecified atom stereocenters. The first-order chi connectivity index (χ1) is 11.0. The van der Waals surface area contributed by atoms with Gasteiger partial charge in [-0.25, -0.2) is 8.42 Å². The van der Waals surface area contributed by atoms with E-state index in [9.17, 15) is 13.2 Å². The minimum atomic E-state index is -3.27. The molecule has 1 heterocycles.